The Hall–Kier alpha value is -1.01. The van der Waals surface area contributed by atoms with Crippen molar-refractivity contribution in [2.24, 2.45) is 0 Å². The lowest BCUT2D eigenvalue weighted by Crippen LogP contribution is -2.53. The largest absolute Gasteiger partial charge is 0.311 e. The Kier molecular flexibility index (Phi) is 5.70. The molecule has 1 N–H and O–H groups in total. The average Bonchev–Trinajstić information content (AvgIpc) is 2.92. The minimum absolute atomic E-state index is 0. The Bertz CT molecular complexity index is 560. The maximum atomic E-state index is 4.73. The number of rotatable bonds is 3. The van der Waals surface area contributed by atoms with Gasteiger partial charge in [-0.25, -0.2) is 4.98 Å². The lowest BCUT2D eigenvalue weighted by molar-refractivity contribution is 0.137. The third kappa shape index (κ3) is 4.01. The molecule has 1 fully saturated rings. The van der Waals surface area contributed by atoms with E-state index in [9.17, 15) is 0 Å². The van der Waals surface area contributed by atoms with Crippen LogP contribution in [0, 0.1) is 0 Å². The van der Waals surface area contributed by atoms with Gasteiger partial charge in [0.2, 0.25) is 0 Å². The molecule has 2 unspecified atom stereocenters. The summed E-state index contributed by atoms with van der Waals surface area (Å²) in [5.41, 5.74) is 2.11. The molecule has 0 aliphatic carbocycles. The molecular weight excluding hydrogens is 304 g/mol. The fourth-order valence-electron chi connectivity index (χ4n) is 2.51. The van der Waals surface area contributed by atoms with Gasteiger partial charge in [0, 0.05) is 43.3 Å². The first-order chi connectivity index (χ1) is 9.72. The van der Waals surface area contributed by atoms with Gasteiger partial charge in [0.1, 0.15) is 5.01 Å². The molecule has 21 heavy (non-hydrogen) atoms. The van der Waals surface area contributed by atoms with E-state index in [1.54, 1.807) is 11.3 Å². The molecule has 2 aromatic rings. The second-order valence-electron chi connectivity index (χ2n) is 5.45. The molecule has 4 nitrogen and oxygen atoms in total. The standard InChI is InChI=1S/C15H20N4S.ClH/c1-11-8-19(12(2)7-17-11)9-13-10-20-15(18-13)14-5-3-4-6-16-14;/h3-6,10-12,17H,7-9H2,1-2H3;1H. The maximum absolute atomic E-state index is 4.73. The predicted molar refractivity (Wildman–Crippen MR) is 89.9 cm³/mol. The summed E-state index contributed by atoms with van der Waals surface area (Å²) >= 11 is 1.68. The van der Waals surface area contributed by atoms with E-state index < -0.39 is 0 Å². The molecule has 2 atom stereocenters. The molecule has 0 bridgehead atoms. The van der Waals surface area contributed by atoms with E-state index in [0.717, 1.165) is 36.0 Å². The fraction of sp³-hybridized carbons (Fsp3) is 0.467. The summed E-state index contributed by atoms with van der Waals surface area (Å²) in [6, 6.07) is 7.06. The van der Waals surface area contributed by atoms with Crippen LogP contribution in [0.25, 0.3) is 10.7 Å². The quantitative estimate of drug-likeness (QED) is 0.942. The number of nitrogens with one attached hydrogen (secondary N) is 1. The van der Waals surface area contributed by atoms with Gasteiger partial charge in [0.05, 0.1) is 11.4 Å². The zero-order chi connectivity index (χ0) is 13.9. The first kappa shape index (κ1) is 16.4. The Balaban J connectivity index is 0.00000161. The van der Waals surface area contributed by atoms with Crippen molar-refractivity contribution in [1.29, 1.82) is 0 Å². The minimum atomic E-state index is 0. The molecule has 0 radical (unpaired) electrons. The van der Waals surface area contributed by atoms with Gasteiger partial charge in [-0.15, -0.1) is 23.7 Å². The van der Waals surface area contributed by atoms with Gasteiger partial charge in [-0.2, -0.15) is 0 Å². The summed E-state index contributed by atoms with van der Waals surface area (Å²) in [4.78, 5) is 11.6. The number of halogens is 1. The van der Waals surface area contributed by atoms with Gasteiger partial charge >= 0.3 is 0 Å². The summed E-state index contributed by atoms with van der Waals surface area (Å²) in [5, 5.41) is 6.68. The Morgan fingerprint density at radius 3 is 3.00 bits per heavy atom. The summed E-state index contributed by atoms with van der Waals surface area (Å²) < 4.78 is 0. The highest BCUT2D eigenvalue weighted by atomic mass is 35.5. The van der Waals surface area contributed by atoms with E-state index in [-0.39, 0.29) is 12.4 Å². The maximum Gasteiger partial charge on any atom is 0.142 e. The predicted octanol–water partition coefficient (Wildman–Crippen LogP) is 2.81. The second-order valence-corrected chi connectivity index (χ2v) is 6.30. The van der Waals surface area contributed by atoms with Gasteiger partial charge in [-0.1, -0.05) is 6.07 Å². The molecule has 6 heteroatoms. The lowest BCUT2D eigenvalue weighted by atomic mass is 10.1. The normalized spacial score (nSPS) is 22.8. The zero-order valence-electron chi connectivity index (χ0n) is 12.3. The summed E-state index contributed by atoms with van der Waals surface area (Å²) in [5.74, 6) is 0. The van der Waals surface area contributed by atoms with Gasteiger partial charge < -0.3 is 5.32 Å². The van der Waals surface area contributed by atoms with Crippen molar-refractivity contribution in [3.8, 4) is 10.7 Å². The molecular formula is C15H21ClN4S. The third-order valence-corrected chi connectivity index (χ3v) is 4.61. The lowest BCUT2D eigenvalue weighted by Gasteiger charge is -2.37. The highest BCUT2D eigenvalue weighted by Gasteiger charge is 2.23. The van der Waals surface area contributed by atoms with Crippen molar-refractivity contribution in [3.63, 3.8) is 0 Å². The Morgan fingerprint density at radius 2 is 2.24 bits per heavy atom. The first-order valence-corrected chi connectivity index (χ1v) is 7.93. The van der Waals surface area contributed by atoms with Crippen LogP contribution in [0.15, 0.2) is 29.8 Å². The molecule has 0 saturated carbocycles. The van der Waals surface area contributed by atoms with Crippen LogP contribution in [0.4, 0.5) is 0 Å². The van der Waals surface area contributed by atoms with Crippen LogP contribution in [0.1, 0.15) is 19.5 Å². The van der Waals surface area contributed by atoms with Crippen LogP contribution < -0.4 is 5.32 Å². The molecule has 2 aromatic heterocycles. The van der Waals surface area contributed by atoms with Gasteiger partial charge in [-0.3, -0.25) is 9.88 Å². The highest BCUT2D eigenvalue weighted by molar-refractivity contribution is 7.13. The van der Waals surface area contributed by atoms with Crippen LogP contribution in [-0.2, 0) is 6.54 Å². The SMILES string of the molecule is CC1CN(Cc2csc(-c3ccccn3)n2)C(C)CN1.Cl. The van der Waals surface area contributed by atoms with Crippen LogP contribution in [0.3, 0.4) is 0 Å². The van der Waals surface area contributed by atoms with Crippen molar-refractivity contribution >= 4 is 23.7 Å². The number of nitrogens with zero attached hydrogens (tertiary/aromatic N) is 3. The van der Waals surface area contributed by atoms with Crippen LogP contribution >= 0.6 is 23.7 Å². The van der Waals surface area contributed by atoms with E-state index in [2.05, 4.69) is 34.4 Å². The number of pyridine rings is 1. The van der Waals surface area contributed by atoms with E-state index in [1.807, 2.05) is 24.4 Å². The van der Waals surface area contributed by atoms with E-state index in [1.165, 1.54) is 0 Å². The number of aromatic nitrogens is 2. The first-order valence-electron chi connectivity index (χ1n) is 7.05. The van der Waals surface area contributed by atoms with Crippen molar-refractivity contribution < 1.29 is 0 Å². The Morgan fingerprint density at radius 1 is 1.38 bits per heavy atom. The molecule has 0 spiro atoms. The van der Waals surface area contributed by atoms with Crippen molar-refractivity contribution in [2.75, 3.05) is 13.1 Å². The van der Waals surface area contributed by atoms with Gasteiger partial charge in [0.25, 0.3) is 0 Å². The van der Waals surface area contributed by atoms with Crippen LogP contribution in [-0.4, -0.2) is 40.0 Å². The van der Waals surface area contributed by atoms with Crippen molar-refractivity contribution in [1.82, 2.24) is 20.2 Å². The smallest absolute Gasteiger partial charge is 0.142 e. The van der Waals surface area contributed by atoms with E-state index in [4.69, 9.17) is 4.98 Å². The topological polar surface area (TPSA) is 41.1 Å². The molecule has 3 rings (SSSR count). The summed E-state index contributed by atoms with van der Waals surface area (Å²) in [7, 11) is 0. The molecule has 114 valence electrons. The molecule has 1 aliphatic heterocycles. The number of thiazole rings is 1. The molecule has 1 saturated heterocycles. The third-order valence-electron chi connectivity index (χ3n) is 3.69. The second kappa shape index (κ2) is 7.31. The highest BCUT2D eigenvalue weighted by Crippen LogP contribution is 2.22. The van der Waals surface area contributed by atoms with E-state index >= 15 is 0 Å². The summed E-state index contributed by atoms with van der Waals surface area (Å²) in [6.45, 7) is 7.57. The molecule has 1 aliphatic rings. The molecule has 0 aromatic carbocycles. The summed E-state index contributed by atoms with van der Waals surface area (Å²) in [6.07, 6.45) is 1.82. The van der Waals surface area contributed by atoms with Crippen LogP contribution in [0.2, 0.25) is 0 Å². The molecule has 0 amide bonds. The van der Waals surface area contributed by atoms with Crippen LogP contribution in [0.5, 0.6) is 0 Å². The minimum Gasteiger partial charge on any atom is -0.311 e. The van der Waals surface area contributed by atoms with Gasteiger partial charge in [0.15, 0.2) is 0 Å². The fourth-order valence-corrected chi connectivity index (χ4v) is 3.30. The average molecular weight is 325 g/mol. The van der Waals surface area contributed by atoms with Gasteiger partial charge in [-0.05, 0) is 26.0 Å². The van der Waals surface area contributed by atoms with Crippen molar-refractivity contribution in [3.05, 3.63) is 35.5 Å². The number of hydrogen-bond acceptors (Lipinski definition) is 5. The monoisotopic (exact) mass is 324 g/mol. The Labute approximate surface area is 136 Å². The number of hydrogen-bond donors (Lipinski definition) is 1. The number of piperazine rings is 1. The van der Waals surface area contributed by atoms with E-state index in [0.29, 0.717) is 12.1 Å². The van der Waals surface area contributed by atoms with Crippen molar-refractivity contribution in [2.45, 2.75) is 32.5 Å². The molecule has 3 heterocycles. The zero-order valence-corrected chi connectivity index (χ0v) is 14.0.